The molecule has 1 rings (SSSR count). The summed E-state index contributed by atoms with van der Waals surface area (Å²) in [6.07, 6.45) is 0. The zero-order valence-corrected chi connectivity index (χ0v) is 9.45. The average Bonchev–Trinajstić information content (AvgIpc) is 2.13. The minimum Gasteiger partial charge on any atom is -0.506 e. The Bertz CT molecular complexity index is 352. The first-order chi connectivity index (χ1) is 6.07. The van der Waals surface area contributed by atoms with Gasteiger partial charge in [0.1, 0.15) is 10.8 Å². The van der Waals surface area contributed by atoms with E-state index in [1.54, 1.807) is 0 Å². The number of Topliss-reactive ketones (excluding diaryl/α,β-unsaturated/α-hetero) is 1. The number of ketones is 1. The van der Waals surface area contributed by atoms with Gasteiger partial charge in [0.15, 0.2) is 5.78 Å². The third-order valence-electron chi connectivity index (χ3n) is 1.49. The number of alkyl halides is 1. The lowest BCUT2D eigenvalue weighted by Gasteiger charge is -2.04. The standard InChI is InChI=1S/C8H5BrCl2O2/c9-3-6(12)4-1-2-5(10)7(11)8(4)13/h1-2,13H,3H2. The maximum Gasteiger partial charge on any atom is 0.177 e. The first-order valence-electron chi connectivity index (χ1n) is 3.34. The van der Waals surface area contributed by atoms with Crippen LogP contribution >= 0.6 is 39.1 Å². The van der Waals surface area contributed by atoms with Gasteiger partial charge in [0.05, 0.1) is 15.9 Å². The summed E-state index contributed by atoms with van der Waals surface area (Å²) in [7, 11) is 0. The molecule has 0 aliphatic heterocycles. The molecule has 70 valence electrons. The lowest BCUT2D eigenvalue weighted by Crippen LogP contribution is -2.00. The molecule has 0 bridgehead atoms. The van der Waals surface area contributed by atoms with Gasteiger partial charge in [-0.1, -0.05) is 39.1 Å². The topological polar surface area (TPSA) is 37.3 Å². The Morgan fingerprint density at radius 1 is 1.46 bits per heavy atom. The van der Waals surface area contributed by atoms with E-state index in [9.17, 15) is 9.90 Å². The third kappa shape index (κ3) is 2.16. The van der Waals surface area contributed by atoms with Crippen molar-refractivity contribution in [1.82, 2.24) is 0 Å². The molecule has 13 heavy (non-hydrogen) atoms. The van der Waals surface area contributed by atoms with Crippen LogP contribution in [0.15, 0.2) is 12.1 Å². The van der Waals surface area contributed by atoms with Crippen LogP contribution in [0.25, 0.3) is 0 Å². The third-order valence-corrected chi connectivity index (χ3v) is 2.79. The lowest BCUT2D eigenvalue weighted by molar-refractivity contribution is 0.102. The Labute approximate surface area is 93.6 Å². The van der Waals surface area contributed by atoms with Crippen molar-refractivity contribution in [2.75, 3.05) is 5.33 Å². The highest BCUT2D eigenvalue weighted by Crippen LogP contribution is 2.34. The van der Waals surface area contributed by atoms with Crippen molar-refractivity contribution in [2.24, 2.45) is 0 Å². The molecule has 0 spiro atoms. The van der Waals surface area contributed by atoms with Crippen LogP contribution < -0.4 is 0 Å². The van der Waals surface area contributed by atoms with Crippen molar-refractivity contribution in [1.29, 1.82) is 0 Å². The molecular formula is C8H5BrCl2O2. The van der Waals surface area contributed by atoms with Crippen molar-refractivity contribution < 1.29 is 9.90 Å². The van der Waals surface area contributed by atoms with E-state index in [2.05, 4.69) is 15.9 Å². The van der Waals surface area contributed by atoms with Gasteiger partial charge in [0.2, 0.25) is 0 Å². The zero-order chi connectivity index (χ0) is 10.0. The number of hydrogen-bond acceptors (Lipinski definition) is 2. The molecule has 1 aromatic rings. The summed E-state index contributed by atoms with van der Waals surface area (Å²) < 4.78 is 0. The molecule has 0 heterocycles. The Balaban J connectivity index is 3.26. The zero-order valence-electron chi connectivity index (χ0n) is 6.35. The Hall–Kier alpha value is -0.250. The number of halogens is 3. The van der Waals surface area contributed by atoms with Gasteiger partial charge in [-0.3, -0.25) is 4.79 Å². The molecule has 0 saturated heterocycles. The number of rotatable bonds is 2. The average molecular weight is 284 g/mol. The monoisotopic (exact) mass is 282 g/mol. The Morgan fingerprint density at radius 2 is 2.08 bits per heavy atom. The number of phenols is 1. The highest BCUT2D eigenvalue weighted by molar-refractivity contribution is 9.09. The Kier molecular flexibility index (Phi) is 3.59. The van der Waals surface area contributed by atoms with Crippen molar-refractivity contribution >= 4 is 44.9 Å². The summed E-state index contributed by atoms with van der Waals surface area (Å²) in [6, 6.07) is 2.91. The minimum atomic E-state index is -0.265. The van der Waals surface area contributed by atoms with Gasteiger partial charge in [-0.2, -0.15) is 0 Å². The maximum atomic E-state index is 11.2. The quantitative estimate of drug-likeness (QED) is 0.668. The first kappa shape index (κ1) is 10.8. The van der Waals surface area contributed by atoms with Crippen LogP contribution in [0.2, 0.25) is 10.0 Å². The second-order valence-electron chi connectivity index (χ2n) is 2.31. The predicted octanol–water partition coefficient (Wildman–Crippen LogP) is 3.28. The summed E-state index contributed by atoms with van der Waals surface area (Å²) in [5.41, 5.74) is 0.172. The molecule has 0 unspecified atom stereocenters. The van der Waals surface area contributed by atoms with E-state index in [0.29, 0.717) is 0 Å². The summed E-state index contributed by atoms with van der Waals surface area (Å²) in [5, 5.41) is 9.79. The van der Waals surface area contributed by atoms with E-state index in [1.807, 2.05) is 0 Å². The van der Waals surface area contributed by atoms with Crippen LogP contribution in [0, 0.1) is 0 Å². The number of carbonyl (C=O) groups is 1. The lowest BCUT2D eigenvalue weighted by atomic mass is 10.1. The molecule has 1 aromatic carbocycles. The van der Waals surface area contributed by atoms with Crippen molar-refractivity contribution in [2.45, 2.75) is 0 Å². The molecule has 2 nitrogen and oxygen atoms in total. The summed E-state index contributed by atoms with van der Waals surface area (Å²) in [4.78, 5) is 11.2. The molecule has 0 radical (unpaired) electrons. The second kappa shape index (κ2) is 4.31. The largest absolute Gasteiger partial charge is 0.506 e. The number of aromatic hydroxyl groups is 1. The fourth-order valence-electron chi connectivity index (χ4n) is 0.837. The molecule has 0 aliphatic rings. The normalized spacial score (nSPS) is 10.1. The maximum absolute atomic E-state index is 11.2. The van der Waals surface area contributed by atoms with Crippen LogP contribution in [-0.2, 0) is 0 Å². The molecule has 0 saturated carbocycles. The molecule has 0 aromatic heterocycles. The van der Waals surface area contributed by atoms with E-state index in [-0.39, 0.29) is 32.5 Å². The van der Waals surface area contributed by atoms with Gasteiger partial charge in [0.25, 0.3) is 0 Å². The molecule has 0 amide bonds. The second-order valence-corrected chi connectivity index (χ2v) is 3.66. The number of carbonyl (C=O) groups excluding carboxylic acids is 1. The van der Waals surface area contributed by atoms with Gasteiger partial charge in [-0.15, -0.1) is 0 Å². The van der Waals surface area contributed by atoms with Gasteiger partial charge >= 0.3 is 0 Å². The fraction of sp³-hybridized carbons (Fsp3) is 0.125. The summed E-state index contributed by atoms with van der Waals surface area (Å²) in [6.45, 7) is 0. The van der Waals surface area contributed by atoms with Crippen LogP contribution in [-0.4, -0.2) is 16.2 Å². The summed E-state index contributed by atoms with van der Waals surface area (Å²) >= 11 is 14.2. The smallest absolute Gasteiger partial charge is 0.177 e. The van der Waals surface area contributed by atoms with Crippen LogP contribution in [0.3, 0.4) is 0 Å². The van der Waals surface area contributed by atoms with Gasteiger partial charge in [0, 0.05) is 0 Å². The van der Waals surface area contributed by atoms with E-state index in [1.165, 1.54) is 12.1 Å². The van der Waals surface area contributed by atoms with E-state index in [0.717, 1.165) is 0 Å². The molecule has 0 fully saturated rings. The van der Waals surface area contributed by atoms with Gasteiger partial charge < -0.3 is 5.11 Å². The Morgan fingerprint density at radius 3 is 2.62 bits per heavy atom. The molecule has 5 heteroatoms. The highest BCUT2D eigenvalue weighted by Gasteiger charge is 2.14. The van der Waals surface area contributed by atoms with E-state index in [4.69, 9.17) is 23.2 Å². The number of benzene rings is 1. The van der Waals surface area contributed by atoms with Crippen LogP contribution in [0.5, 0.6) is 5.75 Å². The fourth-order valence-corrected chi connectivity index (χ4v) is 1.46. The number of phenolic OH excluding ortho intramolecular Hbond substituents is 1. The molecule has 0 atom stereocenters. The van der Waals surface area contributed by atoms with Crippen LogP contribution in [0.1, 0.15) is 10.4 Å². The van der Waals surface area contributed by atoms with Crippen LogP contribution in [0.4, 0.5) is 0 Å². The van der Waals surface area contributed by atoms with E-state index >= 15 is 0 Å². The summed E-state index contributed by atoms with van der Waals surface area (Å²) in [5.74, 6) is -0.505. The van der Waals surface area contributed by atoms with Crippen molar-refractivity contribution in [3.8, 4) is 5.75 Å². The highest BCUT2D eigenvalue weighted by atomic mass is 79.9. The SMILES string of the molecule is O=C(CBr)c1ccc(Cl)c(Cl)c1O. The van der Waals surface area contributed by atoms with Crippen molar-refractivity contribution in [3.63, 3.8) is 0 Å². The van der Waals surface area contributed by atoms with Crippen molar-refractivity contribution in [3.05, 3.63) is 27.7 Å². The van der Waals surface area contributed by atoms with Gasteiger partial charge in [-0.05, 0) is 12.1 Å². The molecular weight excluding hydrogens is 279 g/mol. The number of hydrogen-bond donors (Lipinski definition) is 1. The van der Waals surface area contributed by atoms with Gasteiger partial charge in [-0.25, -0.2) is 0 Å². The first-order valence-corrected chi connectivity index (χ1v) is 5.21. The minimum absolute atomic E-state index is 0.00784. The molecule has 0 aliphatic carbocycles. The van der Waals surface area contributed by atoms with E-state index < -0.39 is 0 Å². The predicted molar refractivity (Wildman–Crippen MR) is 56.3 cm³/mol. The molecule has 1 N–H and O–H groups in total.